The maximum Gasteiger partial charge on any atom is 0.123 e. The molecule has 0 aromatic rings. The van der Waals surface area contributed by atoms with Crippen LogP contribution in [0.1, 0.15) is 47.0 Å². The second-order valence-electron chi connectivity index (χ2n) is 4.29. The molecule has 0 saturated heterocycles. The molecule has 2 heteroatoms. The van der Waals surface area contributed by atoms with Gasteiger partial charge in [0.25, 0.3) is 0 Å². The molecule has 0 fully saturated rings. The average molecular weight is 210 g/mol. The Kier molecular flexibility index (Phi) is 6.31. The molecule has 2 atom stereocenters. The van der Waals surface area contributed by atoms with E-state index in [2.05, 4.69) is 17.9 Å². The summed E-state index contributed by atoms with van der Waals surface area (Å²) in [5.74, 6) is 5.36. The standard InChI is InChI=1S/C13H22O2/c1-5-12(14)8-10-13(4,15)9-6-7-11(2)3/h7,12,14-15H,5-6,9H2,1-4H3/t12-,13+/m0/s1. The summed E-state index contributed by atoms with van der Waals surface area (Å²) in [6, 6.07) is 0. The van der Waals surface area contributed by atoms with Gasteiger partial charge in [-0.05, 0) is 40.0 Å². The number of aliphatic hydroxyl groups excluding tert-OH is 1. The van der Waals surface area contributed by atoms with Gasteiger partial charge in [0.05, 0.1) is 0 Å². The van der Waals surface area contributed by atoms with Gasteiger partial charge in [0, 0.05) is 0 Å². The van der Waals surface area contributed by atoms with Gasteiger partial charge in [-0.3, -0.25) is 0 Å². The monoisotopic (exact) mass is 210 g/mol. The Labute approximate surface area is 93.0 Å². The van der Waals surface area contributed by atoms with E-state index >= 15 is 0 Å². The predicted molar refractivity (Wildman–Crippen MR) is 63.4 cm³/mol. The van der Waals surface area contributed by atoms with Gasteiger partial charge < -0.3 is 10.2 Å². The van der Waals surface area contributed by atoms with Crippen LogP contribution in [-0.4, -0.2) is 21.9 Å². The smallest absolute Gasteiger partial charge is 0.123 e. The van der Waals surface area contributed by atoms with E-state index in [1.807, 2.05) is 20.8 Å². The number of hydrogen-bond donors (Lipinski definition) is 2. The molecule has 0 unspecified atom stereocenters. The molecule has 0 bridgehead atoms. The minimum absolute atomic E-state index is 0.594. The van der Waals surface area contributed by atoms with Crippen LogP contribution in [-0.2, 0) is 0 Å². The fourth-order valence-corrected chi connectivity index (χ4v) is 1.05. The lowest BCUT2D eigenvalue weighted by Gasteiger charge is -2.15. The maximum atomic E-state index is 9.86. The Bertz CT molecular complexity index is 262. The average Bonchev–Trinajstić information content (AvgIpc) is 2.13. The van der Waals surface area contributed by atoms with E-state index in [1.54, 1.807) is 6.92 Å². The van der Waals surface area contributed by atoms with Gasteiger partial charge >= 0.3 is 0 Å². The second kappa shape index (κ2) is 6.66. The minimum Gasteiger partial charge on any atom is -0.380 e. The Morgan fingerprint density at radius 1 is 1.47 bits per heavy atom. The van der Waals surface area contributed by atoms with Crippen molar-refractivity contribution in [2.75, 3.05) is 0 Å². The van der Waals surface area contributed by atoms with Crippen molar-refractivity contribution in [3.63, 3.8) is 0 Å². The third-order valence-corrected chi connectivity index (χ3v) is 2.08. The zero-order chi connectivity index (χ0) is 11.9. The molecule has 0 spiro atoms. The van der Waals surface area contributed by atoms with Crippen LogP contribution in [0.5, 0.6) is 0 Å². The summed E-state index contributed by atoms with van der Waals surface area (Å²) in [5.41, 5.74) is 0.245. The van der Waals surface area contributed by atoms with Crippen LogP contribution >= 0.6 is 0 Å². The molecule has 0 aliphatic rings. The van der Waals surface area contributed by atoms with Gasteiger partial charge in [-0.1, -0.05) is 30.4 Å². The highest BCUT2D eigenvalue weighted by atomic mass is 16.3. The van der Waals surface area contributed by atoms with Crippen molar-refractivity contribution < 1.29 is 10.2 Å². The SMILES string of the molecule is CC[C@H](O)C#C[C@](C)(O)CCC=C(C)C. The van der Waals surface area contributed by atoms with Crippen molar-refractivity contribution >= 4 is 0 Å². The molecule has 0 radical (unpaired) electrons. The molecule has 0 aliphatic heterocycles. The summed E-state index contributed by atoms with van der Waals surface area (Å²) < 4.78 is 0. The summed E-state index contributed by atoms with van der Waals surface area (Å²) in [6.45, 7) is 7.60. The first-order valence-corrected chi connectivity index (χ1v) is 5.44. The van der Waals surface area contributed by atoms with Crippen molar-refractivity contribution in [2.24, 2.45) is 0 Å². The molecule has 0 aromatic heterocycles. The molecule has 2 N–H and O–H groups in total. The number of hydrogen-bond acceptors (Lipinski definition) is 2. The summed E-state index contributed by atoms with van der Waals surface area (Å²) in [6.07, 6.45) is 3.46. The molecule has 2 nitrogen and oxygen atoms in total. The quantitative estimate of drug-likeness (QED) is 0.552. The van der Waals surface area contributed by atoms with Crippen molar-refractivity contribution in [1.29, 1.82) is 0 Å². The number of aliphatic hydroxyl groups is 2. The Balaban J connectivity index is 4.16. The number of allylic oxidation sites excluding steroid dienone is 2. The normalized spacial score (nSPS) is 15.9. The van der Waals surface area contributed by atoms with Gasteiger partial charge in [0.2, 0.25) is 0 Å². The highest BCUT2D eigenvalue weighted by Gasteiger charge is 2.15. The molecule has 0 amide bonds. The van der Waals surface area contributed by atoms with Crippen LogP contribution in [0.2, 0.25) is 0 Å². The third-order valence-electron chi connectivity index (χ3n) is 2.08. The Morgan fingerprint density at radius 3 is 2.53 bits per heavy atom. The van der Waals surface area contributed by atoms with Gasteiger partial charge in [-0.25, -0.2) is 0 Å². The summed E-state index contributed by atoms with van der Waals surface area (Å²) in [4.78, 5) is 0. The molecule has 0 aromatic carbocycles. The first-order valence-electron chi connectivity index (χ1n) is 5.44. The third kappa shape index (κ3) is 8.23. The van der Waals surface area contributed by atoms with Crippen LogP contribution < -0.4 is 0 Å². The first-order chi connectivity index (χ1) is 6.87. The van der Waals surface area contributed by atoms with Gasteiger partial charge in [-0.15, -0.1) is 0 Å². The van der Waals surface area contributed by atoms with Crippen LogP contribution in [0, 0.1) is 11.8 Å². The fourth-order valence-electron chi connectivity index (χ4n) is 1.05. The second-order valence-corrected chi connectivity index (χ2v) is 4.29. The summed E-state index contributed by atoms with van der Waals surface area (Å²) >= 11 is 0. The van der Waals surface area contributed by atoms with Crippen LogP contribution in [0.15, 0.2) is 11.6 Å². The molecule has 86 valence electrons. The molecule has 0 saturated carbocycles. The first kappa shape index (κ1) is 14.2. The van der Waals surface area contributed by atoms with Crippen molar-refractivity contribution in [3.05, 3.63) is 11.6 Å². The topological polar surface area (TPSA) is 40.5 Å². The molecule has 0 heterocycles. The molecular formula is C13H22O2. The zero-order valence-electron chi connectivity index (χ0n) is 10.2. The van der Waals surface area contributed by atoms with E-state index in [1.165, 1.54) is 5.57 Å². The Morgan fingerprint density at radius 2 is 2.07 bits per heavy atom. The molecule has 0 rings (SSSR count). The van der Waals surface area contributed by atoms with Crippen LogP contribution in [0.25, 0.3) is 0 Å². The predicted octanol–water partition coefficient (Wildman–Crippen LogP) is 2.26. The van der Waals surface area contributed by atoms with E-state index in [9.17, 15) is 10.2 Å². The largest absolute Gasteiger partial charge is 0.380 e. The lowest BCUT2D eigenvalue weighted by atomic mass is 9.99. The van der Waals surface area contributed by atoms with E-state index in [4.69, 9.17) is 0 Å². The zero-order valence-corrected chi connectivity index (χ0v) is 10.2. The summed E-state index contributed by atoms with van der Waals surface area (Å²) in [5, 5.41) is 19.1. The minimum atomic E-state index is -0.998. The summed E-state index contributed by atoms with van der Waals surface area (Å²) in [7, 11) is 0. The van der Waals surface area contributed by atoms with E-state index in [0.717, 1.165) is 6.42 Å². The van der Waals surface area contributed by atoms with Crippen molar-refractivity contribution in [1.82, 2.24) is 0 Å². The molecule has 0 aliphatic carbocycles. The van der Waals surface area contributed by atoms with E-state index in [-0.39, 0.29) is 0 Å². The van der Waals surface area contributed by atoms with Crippen molar-refractivity contribution in [2.45, 2.75) is 58.7 Å². The van der Waals surface area contributed by atoms with Gasteiger partial charge in [0.15, 0.2) is 0 Å². The lowest BCUT2D eigenvalue weighted by molar-refractivity contribution is 0.112. The highest BCUT2D eigenvalue weighted by molar-refractivity contribution is 5.15. The molecular weight excluding hydrogens is 188 g/mol. The maximum absolute atomic E-state index is 9.86. The van der Waals surface area contributed by atoms with E-state index in [0.29, 0.717) is 12.8 Å². The van der Waals surface area contributed by atoms with Gasteiger partial charge in [0.1, 0.15) is 11.7 Å². The van der Waals surface area contributed by atoms with Gasteiger partial charge in [-0.2, -0.15) is 0 Å². The number of rotatable bonds is 4. The lowest BCUT2D eigenvalue weighted by Crippen LogP contribution is -2.21. The van der Waals surface area contributed by atoms with Crippen LogP contribution in [0.4, 0.5) is 0 Å². The Hall–Kier alpha value is -0.780. The van der Waals surface area contributed by atoms with E-state index < -0.39 is 11.7 Å². The molecule has 15 heavy (non-hydrogen) atoms. The van der Waals surface area contributed by atoms with Crippen LogP contribution in [0.3, 0.4) is 0 Å². The highest BCUT2D eigenvalue weighted by Crippen LogP contribution is 2.12. The van der Waals surface area contributed by atoms with Crippen molar-refractivity contribution in [3.8, 4) is 11.8 Å². The fraction of sp³-hybridized carbons (Fsp3) is 0.692.